The highest BCUT2D eigenvalue weighted by Crippen LogP contribution is 2.21. The van der Waals surface area contributed by atoms with E-state index >= 15 is 0 Å². The molecule has 0 spiro atoms. The van der Waals surface area contributed by atoms with Crippen molar-refractivity contribution in [2.24, 2.45) is 0 Å². The Balaban J connectivity index is 2.08. The smallest absolute Gasteiger partial charge is 0.323 e. The first kappa shape index (κ1) is 16.0. The molecule has 2 rings (SSSR count). The molecule has 0 saturated carbocycles. The normalized spacial score (nSPS) is 13.2. The minimum atomic E-state index is -0.740. The number of nitrogens with zero attached hydrogens (tertiary/aromatic N) is 2. The van der Waals surface area contributed by atoms with E-state index < -0.39 is 6.10 Å². The van der Waals surface area contributed by atoms with Gasteiger partial charge in [0.15, 0.2) is 0 Å². The summed E-state index contributed by atoms with van der Waals surface area (Å²) in [6.45, 7) is 4.20. The fourth-order valence-electron chi connectivity index (χ4n) is 2.33. The molecule has 0 aliphatic carbocycles. The van der Waals surface area contributed by atoms with Crippen LogP contribution in [-0.4, -0.2) is 33.6 Å². The van der Waals surface area contributed by atoms with Crippen molar-refractivity contribution in [1.29, 1.82) is 0 Å². The van der Waals surface area contributed by atoms with Crippen LogP contribution in [0.3, 0.4) is 0 Å². The second kappa shape index (κ2) is 7.56. The third-order valence-electron chi connectivity index (χ3n) is 3.59. The Hall–Kier alpha value is -2.40. The third kappa shape index (κ3) is 3.83. The molecule has 0 aliphatic rings. The minimum absolute atomic E-state index is 0.274. The van der Waals surface area contributed by atoms with Crippen LogP contribution in [0.25, 0.3) is 0 Å². The molecule has 2 amide bonds. The standard InChI is InChI=1S/C17H21N3O2/c1-3-20(17(22)19-15-11-7-8-12-18-15)13(2)16(21)14-9-5-4-6-10-14/h4-13,16,21H,3H2,1-2H3,(H,18,19,22)/t13-,16-/m1/s1. The molecule has 0 fully saturated rings. The van der Waals surface area contributed by atoms with Crippen LogP contribution in [0, 0.1) is 0 Å². The fourth-order valence-corrected chi connectivity index (χ4v) is 2.33. The number of urea groups is 1. The molecule has 0 saturated heterocycles. The summed E-state index contributed by atoms with van der Waals surface area (Å²) in [4.78, 5) is 18.1. The van der Waals surface area contributed by atoms with Crippen LogP contribution < -0.4 is 5.32 Å². The number of hydrogen-bond donors (Lipinski definition) is 2. The quantitative estimate of drug-likeness (QED) is 0.891. The van der Waals surface area contributed by atoms with Crippen LogP contribution in [0.2, 0.25) is 0 Å². The molecule has 116 valence electrons. The van der Waals surface area contributed by atoms with Crippen molar-refractivity contribution in [3.63, 3.8) is 0 Å². The number of carbonyl (C=O) groups is 1. The van der Waals surface area contributed by atoms with Gasteiger partial charge in [-0.2, -0.15) is 0 Å². The summed E-state index contributed by atoms with van der Waals surface area (Å²) < 4.78 is 0. The van der Waals surface area contributed by atoms with Crippen LogP contribution in [0.4, 0.5) is 10.6 Å². The summed E-state index contributed by atoms with van der Waals surface area (Å²) in [6, 6.07) is 14.0. The highest BCUT2D eigenvalue weighted by Gasteiger charge is 2.26. The number of likely N-dealkylation sites (N-methyl/N-ethyl adjacent to an activating group) is 1. The zero-order chi connectivity index (χ0) is 15.9. The molecule has 5 nitrogen and oxygen atoms in total. The van der Waals surface area contributed by atoms with E-state index in [2.05, 4.69) is 10.3 Å². The molecular formula is C17H21N3O2. The van der Waals surface area contributed by atoms with Crippen molar-refractivity contribution >= 4 is 11.8 Å². The number of carbonyl (C=O) groups excluding carboxylic acids is 1. The summed E-state index contributed by atoms with van der Waals surface area (Å²) in [5, 5.41) is 13.2. The first-order valence-electron chi connectivity index (χ1n) is 7.35. The molecule has 2 atom stereocenters. The Kier molecular flexibility index (Phi) is 5.49. The van der Waals surface area contributed by atoms with Crippen molar-refractivity contribution in [2.75, 3.05) is 11.9 Å². The largest absolute Gasteiger partial charge is 0.386 e. The van der Waals surface area contributed by atoms with E-state index in [-0.39, 0.29) is 12.1 Å². The predicted octanol–water partition coefficient (Wildman–Crippen LogP) is 3.06. The van der Waals surface area contributed by atoms with Crippen LogP contribution in [0.15, 0.2) is 54.7 Å². The van der Waals surface area contributed by atoms with Gasteiger partial charge in [-0.1, -0.05) is 36.4 Å². The summed E-state index contributed by atoms with van der Waals surface area (Å²) in [6.07, 6.45) is 0.879. The topological polar surface area (TPSA) is 65.5 Å². The van der Waals surface area contributed by atoms with Gasteiger partial charge in [-0.05, 0) is 31.5 Å². The minimum Gasteiger partial charge on any atom is -0.386 e. The Bertz CT molecular complexity index is 589. The number of amides is 2. The lowest BCUT2D eigenvalue weighted by molar-refractivity contribution is 0.0804. The SMILES string of the molecule is CCN(C(=O)Nc1ccccn1)[C@H](C)[C@@H](O)c1ccccc1. The van der Waals surface area contributed by atoms with Gasteiger partial charge in [0.25, 0.3) is 0 Å². The molecule has 2 N–H and O–H groups in total. The van der Waals surface area contributed by atoms with Crippen LogP contribution >= 0.6 is 0 Å². The number of aliphatic hydroxyl groups is 1. The Morgan fingerprint density at radius 3 is 2.50 bits per heavy atom. The first-order chi connectivity index (χ1) is 10.6. The van der Waals surface area contributed by atoms with E-state index in [4.69, 9.17) is 0 Å². The second-order valence-corrected chi connectivity index (χ2v) is 5.03. The van der Waals surface area contributed by atoms with Gasteiger partial charge < -0.3 is 10.0 Å². The predicted molar refractivity (Wildman–Crippen MR) is 86.5 cm³/mol. The molecule has 0 unspecified atom stereocenters. The average Bonchev–Trinajstić information content (AvgIpc) is 2.56. The Morgan fingerprint density at radius 2 is 1.91 bits per heavy atom. The fraction of sp³-hybridized carbons (Fsp3) is 0.294. The van der Waals surface area contributed by atoms with Crippen LogP contribution in [-0.2, 0) is 0 Å². The molecular weight excluding hydrogens is 278 g/mol. The maximum atomic E-state index is 12.4. The molecule has 5 heteroatoms. The van der Waals surface area contributed by atoms with Gasteiger partial charge in [-0.15, -0.1) is 0 Å². The number of aliphatic hydroxyl groups excluding tert-OH is 1. The van der Waals surface area contributed by atoms with E-state index in [0.29, 0.717) is 12.4 Å². The van der Waals surface area contributed by atoms with Crippen LogP contribution in [0.1, 0.15) is 25.5 Å². The lowest BCUT2D eigenvalue weighted by atomic mass is 10.0. The van der Waals surface area contributed by atoms with Crippen molar-refractivity contribution in [2.45, 2.75) is 26.0 Å². The van der Waals surface area contributed by atoms with Gasteiger partial charge in [0.2, 0.25) is 0 Å². The van der Waals surface area contributed by atoms with E-state index in [1.807, 2.05) is 44.2 Å². The van der Waals surface area contributed by atoms with Gasteiger partial charge in [-0.25, -0.2) is 9.78 Å². The van der Waals surface area contributed by atoms with Gasteiger partial charge in [0.1, 0.15) is 5.82 Å². The molecule has 22 heavy (non-hydrogen) atoms. The molecule has 0 aliphatic heterocycles. The zero-order valence-electron chi connectivity index (χ0n) is 12.8. The highest BCUT2D eigenvalue weighted by atomic mass is 16.3. The number of pyridine rings is 1. The highest BCUT2D eigenvalue weighted by molar-refractivity contribution is 5.88. The van der Waals surface area contributed by atoms with Crippen molar-refractivity contribution < 1.29 is 9.90 Å². The van der Waals surface area contributed by atoms with Crippen LogP contribution in [0.5, 0.6) is 0 Å². The molecule has 1 aromatic heterocycles. The number of anilines is 1. The van der Waals surface area contributed by atoms with Crippen molar-refractivity contribution in [3.8, 4) is 0 Å². The van der Waals surface area contributed by atoms with Gasteiger partial charge >= 0.3 is 6.03 Å². The Labute approximate surface area is 130 Å². The van der Waals surface area contributed by atoms with Gasteiger partial charge in [-0.3, -0.25) is 5.32 Å². The Morgan fingerprint density at radius 1 is 1.23 bits per heavy atom. The monoisotopic (exact) mass is 299 g/mol. The van der Waals surface area contributed by atoms with E-state index in [0.717, 1.165) is 5.56 Å². The number of aromatic nitrogens is 1. The summed E-state index contributed by atoms with van der Waals surface area (Å²) in [7, 11) is 0. The zero-order valence-corrected chi connectivity index (χ0v) is 12.8. The molecule has 2 aromatic rings. The average molecular weight is 299 g/mol. The maximum absolute atomic E-state index is 12.4. The summed E-state index contributed by atoms with van der Waals surface area (Å²) >= 11 is 0. The number of rotatable bonds is 5. The molecule has 1 heterocycles. The second-order valence-electron chi connectivity index (χ2n) is 5.03. The number of benzene rings is 1. The third-order valence-corrected chi connectivity index (χ3v) is 3.59. The summed E-state index contributed by atoms with van der Waals surface area (Å²) in [5.41, 5.74) is 0.791. The van der Waals surface area contributed by atoms with Crippen molar-refractivity contribution in [1.82, 2.24) is 9.88 Å². The lowest BCUT2D eigenvalue weighted by Gasteiger charge is -2.31. The van der Waals surface area contributed by atoms with E-state index in [1.165, 1.54) is 0 Å². The molecule has 1 aromatic carbocycles. The number of nitrogens with one attached hydrogen (secondary N) is 1. The van der Waals surface area contributed by atoms with Gasteiger partial charge in [0, 0.05) is 12.7 Å². The number of hydrogen-bond acceptors (Lipinski definition) is 3. The molecule has 0 bridgehead atoms. The molecule has 0 radical (unpaired) electrons. The first-order valence-corrected chi connectivity index (χ1v) is 7.35. The van der Waals surface area contributed by atoms with E-state index in [1.54, 1.807) is 29.3 Å². The van der Waals surface area contributed by atoms with Gasteiger partial charge in [0.05, 0.1) is 12.1 Å². The lowest BCUT2D eigenvalue weighted by Crippen LogP contribution is -2.44. The summed E-state index contributed by atoms with van der Waals surface area (Å²) in [5.74, 6) is 0.493. The van der Waals surface area contributed by atoms with E-state index in [9.17, 15) is 9.90 Å². The van der Waals surface area contributed by atoms with Crippen molar-refractivity contribution in [3.05, 3.63) is 60.3 Å². The maximum Gasteiger partial charge on any atom is 0.323 e.